The zero-order valence-electron chi connectivity index (χ0n) is 27.8. The Morgan fingerprint density at radius 1 is 0.488 bits per heavy atom. The normalized spacial score (nSPS) is 13.2. The van der Waals surface area contributed by atoms with E-state index in [1.807, 2.05) is 0 Å². The predicted molar refractivity (Wildman–Crippen MR) is 183 cm³/mol. The third-order valence-corrected chi connectivity index (χ3v) is 18.5. The van der Waals surface area contributed by atoms with Gasteiger partial charge in [0.15, 0.2) is 0 Å². The molecule has 0 saturated heterocycles. The fraction of sp³-hybridized carbons (Fsp3) is 0.684. The third-order valence-electron chi connectivity index (χ3n) is 8.76. The molecule has 2 nitrogen and oxygen atoms in total. The van der Waals surface area contributed by atoms with E-state index >= 15 is 0 Å². The van der Waals surface area contributed by atoms with E-state index in [9.17, 15) is 0 Å². The fourth-order valence-electron chi connectivity index (χ4n) is 6.24. The molecule has 232 valence electrons. The number of rotatable bonds is 24. The Balaban J connectivity index is 2.44. The maximum absolute atomic E-state index is 7.44. The summed E-state index contributed by atoms with van der Waals surface area (Å²) >= 11 is -3.62. The van der Waals surface area contributed by atoms with E-state index in [0.29, 0.717) is 11.8 Å². The van der Waals surface area contributed by atoms with Crippen LogP contribution in [0.4, 0.5) is 0 Å². The van der Waals surface area contributed by atoms with Gasteiger partial charge >= 0.3 is 261 Å². The molecule has 0 fully saturated rings. The topological polar surface area (TPSA) is 18.5 Å². The predicted octanol–water partition coefficient (Wildman–Crippen LogP) is 13.1. The van der Waals surface area contributed by atoms with Crippen molar-refractivity contribution in [3.63, 3.8) is 0 Å². The maximum atomic E-state index is 7.44. The van der Waals surface area contributed by atoms with Gasteiger partial charge in [0.25, 0.3) is 0 Å². The zero-order chi connectivity index (χ0) is 29.8. The van der Waals surface area contributed by atoms with Crippen LogP contribution in [0.1, 0.15) is 167 Å². The van der Waals surface area contributed by atoms with E-state index in [1.165, 1.54) is 114 Å². The van der Waals surface area contributed by atoms with Crippen LogP contribution < -0.4 is 6.15 Å². The van der Waals surface area contributed by atoms with Gasteiger partial charge < -0.3 is 0 Å². The molecule has 0 aromatic heterocycles. The van der Waals surface area contributed by atoms with Gasteiger partial charge in [-0.25, -0.2) is 0 Å². The van der Waals surface area contributed by atoms with Crippen molar-refractivity contribution in [1.82, 2.24) is 0 Å². The summed E-state index contributed by atoms with van der Waals surface area (Å²) in [4.78, 5) is 0. The Hall–Kier alpha value is -1.16. The monoisotopic (exact) mass is 672 g/mol. The first-order valence-electron chi connectivity index (χ1n) is 17.6. The summed E-state index contributed by atoms with van der Waals surface area (Å²) in [6.07, 6.45) is 20.5. The summed E-state index contributed by atoms with van der Waals surface area (Å²) in [6, 6.07) is 17.8. The van der Waals surface area contributed by atoms with E-state index in [4.69, 9.17) is 6.15 Å². The molecule has 0 radical (unpaired) electrons. The number of para-hydroxylation sites is 2. The molecule has 41 heavy (non-hydrogen) atoms. The molecule has 2 aromatic rings. The van der Waals surface area contributed by atoms with Gasteiger partial charge in [-0.05, 0) is 0 Å². The first-order valence-corrected chi connectivity index (χ1v) is 23.9. The number of hydrogen-bond donors (Lipinski definition) is 0. The zero-order valence-corrected chi connectivity index (χ0v) is 30.7. The van der Waals surface area contributed by atoms with Crippen molar-refractivity contribution in [2.24, 2.45) is 0 Å². The van der Waals surface area contributed by atoms with E-state index < -0.39 is 19.2 Å². The molecule has 2 unspecified atom stereocenters. The van der Waals surface area contributed by atoms with Crippen LogP contribution in [0, 0.1) is 0 Å². The van der Waals surface area contributed by atoms with Crippen molar-refractivity contribution in [3.05, 3.63) is 59.7 Å². The van der Waals surface area contributed by atoms with Gasteiger partial charge in [-0.3, -0.25) is 0 Å². The Morgan fingerprint density at radius 2 is 0.854 bits per heavy atom. The quantitative estimate of drug-likeness (QED) is 0.0817. The molecule has 0 heterocycles. The van der Waals surface area contributed by atoms with Gasteiger partial charge in [0.2, 0.25) is 0 Å². The van der Waals surface area contributed by atoms with Gasteiger partial charge in [-0.15, -0.1) is 0 Å². The molecule has 0 aliphatic rings. The molecule has 0 saturated carbocycles. The van der Waals surface area contributed by atoms with E-state index in [2.05, 4.69) is 90.1 Å². The van der Waals surface area contributed by atoms with Gasteiger partial charge in [-0.2, -0.15) is 0 Å². The van der Waals surface area contributed by atoms with Crippen molar-refractivity contribution in [1.29, 1.82) is 0 Å². The van der Waals surface area contributed by atoms with Crippen molar-refractivity contribution in [2.45, 2.75) is 165 Å². The van der Waals surface area contributed by atoms with Gasteiger partial charge in [0.1, 0.15) is 0 Å². The fourth-order valence-corrected chi connectivity index (χ4v) is 16.1. The van der Waals surface area contributed by atoms with Crippen molar-refractivity contribution in [3.8, 4) is 11.5 Å². The molecule has 3 heteroatoms. The van der Waals surface area contributed by atoms with Crippen molar-refractivity contribution in [2.75, 3.05) is 0 Å². The molecule has 0 N–H and O–H groups in total. The molecule has 2 atom stereocenters. The molecular weight excluding hydrogens is 607 g/mol. The molecule has 2 aromatic carbocycles. The summed E-state index contributed by atoms with van der Waals surface area (Å²) in [6.45, 7) is 13.9. The van der Waals surface area contributed by atoms with Crippen LogP contribution in [0.25, 0.3) is 0 Å². The Kier molecular flexibility index (Phi) is 18.9. The summed E-state index contributed by atoms with van der Waals surface area (Å²) in [5.41, 5.74) is 2.75. The van der Waals surface area contributed by atoms with Gasteiger partial charge in [0, 0.05) is 0 Å². The standard InChI is InChI=1S/2C11H16O.2C8H17.Sn/c2*1-3-6-9(2)10-7-4-5-8-11(10)12;2*1-3-5-7-8-6-4-2;/h2*4-5,7-9,12H,3,6H2,1-2H3;2*1,3-8H2,2H3;/q;;;;+2/p-2. The third kappa shape index (κ3) is 13.3. The minimum atomic E-state index is -3.62. The summed E-state index contributed by atoms with van der Waals surface area (Å²) in [5, 5.41) is 0. The second kappa shape index (κ2) is 21.5. The minimum absolute atomic E-state index is 0.500. The van der Waals surface area contributed by atoms with Crippen LogP contribution in [0.15, 0.2) is 48.5 Å². The van der Waals surface area contributed by atoms with E-state index in [0.717, 1.165) is 20.4 Å². The number of hydrogen-bond acceptors (Lipinski definition) is 2. The van der Waals surface area contributed by atoms with Crippen LogP contribution in [0.2, 0.25) is 8.87 Å². The molecule has 0 spiro atoms. The van der Waals surface area contributed by atoms with Crippen LogP contribution in [-0.2, 0) is 0 Å². The summed E-state index contributed by atoms with van der Waals surface area (Å²) in [5.74, 6) is 3.22. The SMILES string of the molecule is CCCCCCC[CH2][Sn]([CH2]CCCCCCC)([O]c1ccccc1C(C)CCC)[O]c1ccccc1C(C)CCC. The number of benzene rings is 2. The van der Waals surface area contributed by atoms with Crippen molar-refractivity contribution >= 4 is 19.2 Å². The summed E-state index contributed by atoms with van der Waals surface area (Å²) < 4.78 is 17.2. The Bertz CT molecular complexity index is 850. The molecule has 2 rings (SSSR count). The molecule has 0 amide bonds. The van der Waals surface area contributed by atoms with Crippen molar-refractivity contribution < 1.29 is 6.15 Å². The number of unbranched alkanes of at least 4 members (excludes halogenated alkanes) is 10. The second-order valence-electron chi connectivity index (χ2n) is 12.6. The second-order valence-corrected chi connectivity index (χ2v) is 21.8. The van der Waals surface area contributed by atoms with Crippen LogP contribution in [0.3, 0.4) is 0 Å². The average Bonchev–Trinajstić information content (AvgIpc) is 2.97. The molecular formula is C38H64O2Sn. The van der Waals surface area contributed by atoms with Gasteiger partial charge in [0.05, 0.1) is 0 Å². The molecule has 0 aliphatic carbocycles. The van der Waals surface area contributed by atoms with E-state index in [1.54, 1.807) is 0 Å². The Morgan fingerprint density at radius 3 is 1.24 bits per heavy atom. The van der Waals surface area contributed by atoms with Crippen LogP contribution in [0.5, 0.6) is 11.5 Å². The van der Waals surface area contributed by atoms with Gasteiger partial charge in [-0.1, -0.05) is 0 Å². The Labute approximate surface area is 260 Å². The van der Waals surface area contributed by atoms with Crippen LogP contribution in [-0.4, -0.2) is 19.2 Å². The van der Waals surface area contributed by atoms with Crippen LogP contribution >= 0.6 is 0 Å². The first-order chi connectivity index (χ1) is 20.0. The van der Waals surface area contributed by atoms with E-state index in [-0.39, 0.29) is 0 Å². The molecule has 0 aliphatic heterocycles. The molecule has 0 bridgehead atoms. The first kappa shape index (κ1) is 36.0. The summed E-state index contributed by atoms with van der Waals surface area (Å²) in [7, 11) is 0. The average molecular weight is 672 g/mol.